The summed E-state index contributed by atoms with van der Waals surface area (Å²) >= 11 is 5.58. The molecule has 2 aromatic rings. The molecule has 2 rings (SSSR count). The molecule has 114 valence electrons. The average molecular weight is 340 g/mol. The summed E-state index contributed by atoms with van der Waals surface area (Å²) in [5.74, 6) is 0.359. The number of aryl methyl sites for hydroxylation is 1. The first-order valence-electron chi connectivity index (χ1n) is 5.50. The summed E-state index contributed by atoms with van der Waals surface area (Å²) in [5.41, 5.74) is -1.34. The highest BCUT2D eigenvalue weighted by atomic mass is 35.5. The van der Waals surface area contributed by atoms with Gasteiger partial charge in [0.25, 0.3) is 10.0 Å². The first-order chi connectivity index (χ1) is 9.58. The van der Waals surface area contributed by atoms with Crippen LogP contribution in [0.5, 0.6) is 0 Å². The molecule has 0 aliphatic rings. The lowest BCUT2D eigenvalue weighted by atomic mass is 10.2. The molecule has 0 aliphatic heterocycles. The van der Waals surface area contributed by atoms with E-state index in [1.54, 1.807) is 6.92 Å². The molecule has 21 heavy (non-hydrogen) atoms. The smallest absolute Gasteiger partial charge is 0.332 e. The first kappa shape index (κ1) is 15.6. The quantitative estimate of drug-likeness (QED) is 0.901. The molecule has 0 saturated carbocycles. The standard InChI is InChI=1S/C11H9ClF3N3O2S/c1-6-16-5-10(17-6)21(19,20)18-9-3-7(11(13,14)15)2-8(12)4-9/h2-5,18H,1H3,(H,16,17). The Morgan fingerprint density at radius 2 is 1.95 bits per heavy atom. The minimum atomic E-state index is -4.63. The zero-order chi connectivity index (χ0) is 15.8. The molecule has 10 heteroatoms. The molecule has 0 amide bonds. The predicted molar refractivity (Wildman–Crippen MR) is 70.6 cm³/mol. The van der Waals surface area contributed by atoms with E-state index in [9.17, 15) is 21.6 Å². The number of nitrogens with zero attached hydrogens (tertiary/aromatic N) is 1. The van der Waals surface area contributed by atoms with E-state index < -0.39 is 21.8 Å². The summed E-state index contributed by atoms with van der Waals surface area (Å²) in [6.45, 7) is 1.54. The van der Waals surface area contributed by atoms with Crippen LogP contribution in [-0.4, -0.2) is 18.4 Å². The number of benzene rings is 1. The molecule has 2 N–H and O–H groups in total. The van der Waals surface area contributed by atoms with E-state index in [0.717, 1.165) is 12.3 Å². The lowest BCUT2D eigenvalue weighted by Crippen LogP contribution is -2.14. The lowest BCUT2D eigenvalue weighted by Gasteiger charge is -2.11. The van der Waals surface area contributed by atoms with Crippen molar-refractivity contribution in [3.8, 4) is 0 Å². The Bertz CT molecular complexity index is 771. The number of aromatic amines is 1. The number of aromatic nitrogens is 2. The second-order valence-electron chi connectivity index (χ2n) is 4.16. The van der Waals surface area contributed by atoms with Crippen LogP contribution in [0.15, 0.2) is 29.4 Å². The molecule has 1 aromatic heterocycles. The van der Waals surface area contributed by atoms with E-state index in [0.29, 0.717) is 18.0 Å². The van der Waals surface area contributed by atoms with Gasteiger partial charge >= 0.3 is 6.18 Å². The summed E-state index contributed by atoms with van der Waals surface area (Å²) in [5, 5.41) is -0.489. The van der Waals surface area contributed by atoms with Crippen molar-refractivity contribution in [2.75, 3.05) is 4.72 Å². The van der Waals surface area contributed by atoms with E-state index >= 15 is 0 Å². The predicted octanol–water partition coefficient (Wildman–Crippen LogP) is 3.19. The van der Waals surface area contributed by atoms with Gasteiger partial charge < -0.3 is 4.98 Å². The molecule has 0 atom stereocenters. The third-order valence-corrected chi connectivity index (χ3v) is 3.96. The average Bonchev–Trinajstić information content (AvgIpc) is 2.74. The summed E-state index contributed by atoms with van der Waals surface area (Å²) in [6.07, 6.45) is -3.57. The maximum Gasteiger partial charge on any atom is 0.416 e. The molecule has 0 spiro atoms. The lowest BCUT2D eigenvalue weighted by molar-refractivity contribution is -0.137. The third-order valence-electron chi connectivity index (χ3n) is 2.45. The van der Waals surface area contributed by atoms with Crippen LogP contribution in [0.2, 0.25) is 5.02 Å². The number of hydrogen-bond donors (Lipinski definition) is 2. The highest BCUT2D eigenvalue weighted by molar-refractivity contribution is 7.92. The molecule has 0 fully saturated rings. The monoisotopic (exact) mass is 339 g/mol. The van der Waals surface area contributed by atoms with Crippen molar-refractivity contribution in [1.82, 2.24) is 9.97 Å². The highest BCUT2D eigenvalue weighted by Crippen LogP contribution is 2.33. The number of halogens is 4. The Labute approximate surface area is 123 Å². The van der Waals surface area contributed by atoms with Gasteiger partial charge in [0.15, 0.2) is 5.03 Å². The normalized spacial score (nSPS) is 12.4. The number of rotatable bonds is 3. The Kier molecular flexibility index (Phi) is 3.89. The van der Waals surface area contributed by atoms with Gasteiger partial charge in [0.1, 0.15) is 5.82 Å². The molecule has 5 nitrogen and oxygen atoms in total. The van der Waals surface area contributed by atoms with Crippen LogP contribution < -0.4 is 4.72 Å². The van der Waals surface area contributed by atoms with Gasteiger partial charge in [0.05, 0.1) is 17.4 Å². The molecular weight excluding hydrogens is 331 g/mol. The van der Waals surface area contributed by atoms with Crippen molar-refractivity contribution in [2.45, 2.75) is 18.1 Å². The molecule has 0 bridgehead atoms. The molecule has 0 saturated heterocycles. The van der Waals surface area contributed by atoms with E-state index in [4.69, 9.17) is 11.6 Å². The number of anilines is 1. The third kappa shape index (κ3) is 3.67. The van der Waals surface area contributed by atoms with Gasteiger partial charge in [-0.1, -0.05) is 11.6 Å². The maximum absolute atomic E-state index is 12.7. The van der Waals surface area contributed by atoms with E-state index in [1.165, 1.54) is 0 Å². The fraction of sp³-hybridized carbons (Fsp3) is 0.182. The maximum atomic E-state index is 12.7. The van der Waals surface area contributed by atoms with Crippen molar-refractivity contribution in [1.29, 1.82) is 0 Å². The number of imidazole rings is 1. The van der Waals surface area contributed by atoms with Crippen molar-refractivity contribution in [3.05, 3.63) is 40.8 Å². The van der Waals surface area contributed by atoms with Crippen LogP contribution in [0.4, 0.5) is 18.9 Å². The summed E-state index contributed by atoms with van der Waals surface area (Å²) in [7, 11) is -4.07. The minimum absolute atomic E-state index is 0.233. The number of alkyl halides is 3. The number of nitrogens with one attached hydrogen (secondary N) is 2. The molecule has 1 heterocycles. The van der Waals surface area contributed by atoms with Gasteiger partial charge in [0, 0.05) is 5.02 Å². The molecule has 0 unspecified atom stereocenters. The Balaban J connectivity index is 2.38. The van der Waals surface area contributed by atoms with Gasteiger partial charge in [-0.3, -0.25) is 4.72 Å². The van der Waals surface area contributed by atoms with Crippen molar-refractivity contribution < 1.29 is 21.6 Å². The summed E-state index contributed by atoms with van der Waals surface area (Å²) in [6, 6.07) is 2.45. The van der Waals surface area contributed by atoms with Crippen molar-refractivity contribution >= 4 is 27.3 Å². The topological polar surface area (TPSA) is 74.8 Å². The Hall–Kier alpha value is -1.74. The molecule has 0 radical (unpaired) electrons. The Morgan fingerprint density at radius 3 is 2.48 bits per heavy atom. The molecule has 0 aliphatic carbocycles. The van der Waals surface area contributed by atoms with Crippen molar-refractivity contribution in [3.63, 3.8) is 0 Å². The second-order valence-corrected chi connectivity index (χ2v) is 6.25. The summed E-state index contributed by atoms with van der Waals surface area (Å²) < 4.78 is 63.9. The van der Waals surface area contributed by atoms with Gasteiger partial charge in [-0.25, -0.2) is 4.98 Å². The fourth-order valence-electron chi connectivity index (χ4n) is 1.56. The van der Waals surface area contributed by atoms with E-state index in [2.05, 4.69) is 9.97 Å². The number of sulfonamides is 1. The van der Waals surface area contributed by atoms with Gasteiger partial charge in [-0.15, -0.1) is 0 Å². The van der Waals surface area contributed by atoms with Gasteiger partial charge in [-0.2, -0.15) is 21.6 Å². The van der Waals surface area contributed by atoms with Crippen LogP contribution in [-0.2, 0) is 16.2 Å². The first-order valence-corrected chi connectivity index (χ1v) is 7.36. The van der Waals surface area contributed by atoms with Crippen LogP contribution in [0.3, 0.4) is 0 Å². The molecular formula is C11H9ClF3N3O2S. The van der Waals surface area contributed by atoms with Crippen LogP contribution in [0, 0.1) is 6.92 Å². The van der Waals surface area contributed by atoms with Gasteiger partial charge in [-0.05, 0) is 25.1 Å². The number of H-pyrrole nitrogens is 1. The Morgan fingerprint density at radius 1 is 1.29 bits per heavy atom. The molecule has 1 aromatic carbocycles. The summed E-state index contributed by atoms with van der Waals surface area (Å²) in [4.78, 5) is 6.20. The van der Waals surface area contributed by atoms with Crippen molar-refractivity contribution in [2.24, 2.45) is 0 Å². The van der Waals surface area contributed by atoms with Gasteiger partial charge in [0.2, 0.25) is 0 Å². The van der Waals surface area contributed by atoms with E-state index in [-0.39, 0.29) is 15.7 Å². The fourth-order valence-corrected chi connectivity index (χ4v) is 2.80. The zero-order valence-electron chi connectivity index (χ0n) is 10.5. The SMILES string of the molecule is Cc1ncc(S(=O)(=O)Nc2cc(Cl)cc(C(F)(F)F)c2)[nH]1. The largest absolute Gasteiger partial charge is 0.416 e. The van der Waals surface area contributed by atoms with Crippen LogP contribution in [0.1, 0.15) is 11.4 Å². The van der Waals surface area contributed by atoms with E-state index in [1.807, 2.05) is 4.72 Å². The zero-order valence-corrected chi connectivity index (χ0v) is 12.1. The minimum Gasteiger partial charge on any atom is -0.332 e. The van der Waals surface area contributed by atoms with Crippen LogP contribution >= 0.6 is 11.6 Å². The van der Waals surface area contributed by atoms with Crippen LogP contribution in [0.25, 0.3) is 0 Å². The second kappa shape index (κ2) is 5.23. The highest BCUT2D eigenvalue weighted by Gasteiger charge is 2.31. The number of hydrogen-bond acceptors (Lipinski definition) is 3.